The summed E-state index contributed by atoms with van der Waals surface area (Å²) in [5.41, 5.74) is 6.91. The summed E-state index contributed by atoms with van der Waals surface area (Å²) in [6.45, 7) is 4.27. The number of nitriles is 1. The zero-order valence-corrected chi connectivity index (χ0v) is 21.5. The van der Waals surface area contributed by atoms with Crippen LogP contribution in [-0.2, 0) is 0 Å². The molecule has 0 saturated carbocycles. The lowest BCUT2D eigenvalue weighted by Crippen LogP contribution is -2.52. The van der Waals surface area contributed by atoms with Crippen molar-refractivity contribution < 1.29 is 4.39 Å². The van der Waals surface area contributed by atoms with Crippen molar-refractivity contribution in [2.75, 3.05) is 17.2 Å². The summed E-state index contributed by atoms with van der Waals surface area (Å²) in [5, 5.41) is 14.7. The van der Waals surface area contributed by atoms with Crippen LogP contribution in [0.1, 0.15) is 30.0 Å². The zero-order chi connectivity index (χ0) is 23.4. The summed E-state index contributed by atoms with van der Waals surface area (Å²) < 4.78 is 16.5. The normalized spacial score (nSPS) is 16.7. The van der Waals surface area contributed by atoms with Gasteiger partial charge in [-0.15, -0.1) is 0 Å². The van der Waals surface area contributed by atoms with Crippen molar-refractivity contribution in [1.29, 1.82) is 5.26 Å². The Bertz CT molecular complexity index is 1520. The number of aromatic nitrogens is 5. The Morgan fingerprint density at radius 3 is 2.51 bits per heavy atom. The van der Waals surface area contributed by atoms with E-state index >= 15 is 0 Å². The number of nitrogens with two attached hydrogens (primary N) is 1. The van der Waals surface area contributed by atoms with E-state index < -0.39 is 11.9 Å². The van der Waals surface area contributed by atoms with E-state index in [9.17, 15) is 14.4 Å². The Kier molecular flexibility index (Phi) is 7.35. The van der Waals surface area contributed by atoms with Crippen LogP contribution in [0.5, 0.6) is 0 Å². The molecule has 2 atom stereocenters. The molecule has 13 heteroatoms. The monoisotopic (exact) mass is 532 g/mol. The second-order valence-corrected chi connectivity index (χ2v) is 8.39. The first-order chi connectivity index (χ1) is 15.8. The molecule has 0 radical (unpaired) electrons. The fourth-order valence-electron chi connectivity index (χ4n) is 4.30. The first-order valence-corrected chi connectivity index (χ1v) is 10.5. The second kappa shape index (κ2) is 9.77. The van der Waals surface area contributed by atoms with Crippen LogP contribution < -0.4 is 16.2 Å². The Labute approximate surface area is 218 Å². The van der Waals surface area contributed by atoms with Gasteiger partial charge >= 0.3 is 0 Å². The summed E-state index contributed by atoms with van der Waals surface area (Å²) >= 11 is 6.26. The van der Waals surface area contributed by atoms with Gasteiger partial charge in [-0.1, -0.05) is 18.5 Å². The summed E-state index contributed by atoms with van der Waals surface area (Å²) in [4.78, 5) is 23.8. The van der Waals surface area contributed by atoms with E-state index in [1.807, 2.05) is 11.8 Å². The van der Waals surface area contributed by atoms with Gasteiger partial charge in [-0.05, 0) is 37.3 Å². The van der Waals surface area contributed by atoms with Crippen LogP contribution in [0.4, 0.5) is 16.2 Å². The van der Waals surface area contributed by atoms with E-state index in [0.717, 1.165) is 0 Å². The van der Waals surface area contributed by atoms with Gasteiger partial charge < -0.3 is 10.6 Å². The molecule has 35 heavy (non-hydrogen) atoms. The molecule has 0 amide bonds. The lowest BCUT2D eigenvalue weighted by Gasteiger charge is -2.47. The third-order valence-corrected chi connectivity index (χ3v) is 6.15. The molecule has 0 bridgehead atoms. The fraction of sp³-hybridized carbons (Fsp3) is 0.227. The molecule has 0 aliphatic carbocycles. The van der Waals surface area contributed by atoms with Gasteiger partial charge in [0.15, 0.2) is 11.6 Å². The molecule has 4 heterocycles. The topological polar surface area (TPSA) is 118 Å². The van der Waals surface area contributed by atoms with Gasteiger partial charge in [-0.25, -0.2) is 13.9 Å². The molecule has 1 aliphatic rings. The van der Waals surface area contributed by atoms with E-state index in [1.165, 1.54) is 33.3 Å². The van der Waals surface area contributed by atoms with Gasteiger partial charge in [0.1, 0.15) is 23.0 Å². The molecule has 1 saturated heterocycles. The largest absolute Gasteiger partial charge is 0.368 e. The minimum atomic E-state index is -0.424. The van der Waals surface area contributed by atoms with Crippen molar-refractivity contribution in [2.24, 2.45) is 5.92 Å². The van der Waals surface area contributed by atoms with Gasteiger partial charge in [0.05, 0.1) is 22.4 Å². The number of hydrogen-bond acceptors (Lipinski definition) is 7. The van der Waals surface area contributed by atoms with E-state index in [-0.39, 0.29) is 55.0 Å². The number of rotatable bonds is 3. The van der Waals surface area contributed by atoms with E-state index in [1.54, 1.807) is 19.2 Å². The number of nitrogens with zero attached hydrogens (tertiary/aromatic N) is 7. The van der Waals surface area contributed by atoms with E-state index in [4.69, 9.17) is 22.4 Å². The quantitative estimate of drug-likeness (QED) is 0.430. The van der Waals surface area contributed by atoms with Crippen molar-refractivity contribution >= 4 is 55.9 Å². The van der Waals surface area contributed by atoms with E-state index in [2.05, 4.69) is 16.0 Å². The van der Waals surface area contributed by atoms with Crippen molar-refractivity contribution in [3.05, 3.63) is 74.8 Å². The smallest absolute Gasteiger partial charge is 0.284 e. The summed E-state index contributed by atoms with van der Waals surface area (Å²) in [5.74, 6) is 0.485. The number of benzene rings is 1. The summed E-state index contributed by atoms with van der Waals surface area (Å²) in [6.07, 6.45) is 1.61. The predicted molar refractivity (Wildman–Crippen MR) is 142 cm³/mol. The van der Waals surface area contributed by atoms with E-state index in [0.29, 0.717) is 35.1 Å². The summed E-state index contributed by atoms with van der Waals surface area (Å²) in [7, 11) is 0. The van der Waals surface area contributed by atoms with Crippen LogP contribution >= 0.6 is 38.6 Å². The molecule has 2 N–H and O–H groups in total. The van der Waals surface area contributed by atoms with Crippen LogP contribution in [0.25, 0.3) is 11.2 Å². The molecule has 1 aliphatic heterocycles. The van der Waals surface area contributed by atoms with Crippen molar-refractivity contribution in [3.63, 3.8) is 0 Å². The standard InChI is InChI=1S/C22H18ClFN8O.2H2S/c1-11-10-30(19-15(9-25)12(2)27-22(26)28-19)17(11)20-29-31-8-7-16(23)18(31)21(33)32(20)14-5-3-13(24)4-6-14;;/h3-8,11,17H,10H2,1-2H3,(H2,26,27,28);2*1H2/t11-,17?;;/m0../s1. The van der Waals surface area contributed by atoms with Gasteiger partial charge in [-0.3, -0.25) is 9.36 Å². The summed E-state index contributed by atoms with van der Waals surface area (Å²) in [6, 6.07) is 8.91. The highest BCUT2D eigenvalue weighted by molar-refractivity contribution is 7.59. The van der Waals surface area contributed by atoms with Gasteiger partial charge in [0, 0.05) is 18.7 Å². The van der Waals surface area contributed by atoms with Crippen LogP contribution in [0.15, 0.2) is 41.3 Å². The average molecular weight is 533 g/mol. The molecule has 4 aromatic rings. The van der Waals surface area contributed by atoms with Gasteiger partial charge in [0.2, 0.25) is 5.95 Å². The van der Waals surface area contributed by atoms with Crippen LogP contribution in [0.3, 0.4) is 0 Å². The maximum Gasteiger partial charge on any atom is 0.284 e. The highest BCUT2D eigenvalue weighted by Gasteiger charge is 2.43. The van der Waals surface area contributed by atoms with Crippen molar-refractivity contribution in [3.8, 4) is 11.8 Å². The molecule has 1 unspecified atom stereocenters. The Morgan fingerprint density at radius 1 is 1.20 bits per heavy atom. The minimum absolute atomic E-state index is 0. The average Bonchev–Trinajstić information content (AvgIpc) is 3.13. The predicted octanol–water partition coefficient (Wildman–Crippen LogP) is 3.25. The SMILES string of the molecule is Cc1nc(N)nc(N2C[C@H](C)C2c2nn3ccc(Cl)c3c(=O)n2-c2ccc(F)cc2)c1C#N.S.S. The molecule has 9 nitrogen and oxygen atoms in total. The lowest BCUT2D eigenvalue weighted by atomic mass is 9.88. The Balaban J connectivity index is 0.00000171. The highest BCUT2D eigenvalue weighted by Crippen LogP contribution is 2.42. The highest BCUT2D eigenvalue weighted by atomic mass is 35.5. The van der Waals surface area contributed by atoms with Crippen molar-refractivity contribution in [2.45, 2.75) is 19.9 Å². The number of aryl methyl sites for hydroxylation is 1. The number of fused-ring (bicyclic) bond motifs is 1. The first-order valence-electron chi connectivity index (χ1n) is 10.2. The van der Waals surface area contributed by atoms with Crippen LogP contribution in [0.2, 0.25) is 5.02 Å². The molecule has 1 fully saturated rings. The van der Waals surface area contributed by atoms with Crippen LogP contribution in [-0.4, -0.2) is 30.7 Å². The maximum atomic E-state index is 13.6. The Morgan fingerprint density at radius 2 is 1.89 bits per heavy atom. The molecule has 182 valence electrons. The molecule has 1 aromatic carbocycles. The second-order valence-electron chi connectivity index (χ2n) is 7.98. The number of halogens is 2. The molecule has 3 aromatic heterocycles. The molecule has 5 rings (SSSR count). The molecular formula is C22H22ClFN8OS2. The fourth-order valence-corrected chi connectivity index (χ4v) is 4.52. The van der Waals surface area contributed by atoms with Crippen molar-refractivity contribution in [1.82, 2.24) is 24.1 Å². The first kappa shape index (κ1) is 26.3. The number of hydrogen-bond donors (Lipinski definition) is 1. The van der Waals surface area contributed by atoms with Gasteiger partial charge in [0.25, 0.3) is 5.56 Å². The Hall–Kier alpha value is -3.27. The third-order valence-electron chi connectivity index (χ3n) is 5.84. The zero-order valence-electron chi connectivity index (χ0n) is 18.7. The molecule has 0 spiro atoms. The van der Waals surface area contributed by atoms with Crippen LogP contribution in [0, 0.1) is 30.0 Å². The number of anilines is 2. The number of nitrogen functional groups attached to an aromatic ring is 1. The minimum Gasteiger partial charge on any atom is -0.368 e. The maximum absolute atomic E-state index is 13.6. The molecular weight excluding hydrogens is 511 g/mol. The van der Waals surface area contributed by atoms with Gasteiger partial charge in [-0.2, -0.15) is 42.3 Å². The lowest BCUT2D eigenvalue weighted by molar-refractivity contribution is 0.300. The third kappa shape index (κ3) is 4.20.